The molecule has 0 aliphatic heterocycles. The molecule has 1 aromatic carbocycles. The van der Waals surface area contributed by atoms with Gasteiger partial charge in [-0.3, -0.25) is 4.79 Å². The summed E-state index contributed by atoms with van der Waals surface area (Å²) in [6.45, 7) is 0.561. The van der Waals surface area contributed by atoms with Gasteiger partial charge in [0.2, 0.25) is 5.95 Å². The average molecular weight is 406 g/mol. The number of nitrogens with one attached hydrogen (secondary N) is 2. The van der Waals surface area contributed by atoms with Crippen molar-refractivity contribution < 1.29 is 9.18 Å². The second-order valence-corrected chi connectivity index (χ2v) is 7.74. The van der Waals surface area contributed by atoms with Crippen molar-refractivity contribution in [1.29, 1.82) is 0 Å². The zero-order chi connectivity index (χ0) is 20.1. The van der Waals surface area contributed by atoms with Crippen molar-refractivity contribution in [1.82, 2.24) is 15.3 Å². The fourth-order valence-corrected chi connectivity index (χ4v) is 3.57. The number of carbonyl (C=O) groups is 1. The van der Waals surface area contributed by atoms with E-state index < -0.39 is 5.82 Å². The smallest absolute Gasteiger partial charge is 0.252 e. The van der Waals surface area contributed by atoms with E-state index in [1.807, 2.05) is 25.1 Å². The highest BCUT2D eigenvalue weighted by Gasteiger charge is 2.23. The molecule has 8 heteroatoms. The van der Waals surface area contributed by atoms with E-state index in [4.69, 9.17) is 11.6 Å². The minimum atomic E-state index is -0.471. The van der Waals surface area contributed by atoms with Crippen LogP contribution in [0.25, 0.3) is 0 Å². The number of hydrogen-bond donors (Lipinski definition) is 2. The SMILES string of the molecule is CN(C)c1ccnc(NC2CCC(CNC(=O)c3cc(F)ccc3Cl)CC2)n1. The Morgan fingerprint density at radius 3 is 2.71 bits per heavy atom. The summed E-state index contributed by atoms with van der Waals surface area (Å²) in [5.74, 6) is 1.09. The topological polar surface area (TPSA) is 70.2 Å². The van der Waals surface area contributed by atoms with Crippen molar-refractivity contribution in [3.05, 3.63) is 46.9 Å². The van der Waals surface area contributed by atoms with Crippen molar-refractivity contribution in [2.24, 2.45) is 5.92 Å². The molecular formula is C20H25ClFN5O. The van der Waals surface area contributed by atoms with Gasteiger partial charge < -0.3 is 15.5 Å². The Bertz CT molecular complexity index is 824. The van der Waals surface area contributed by atoms with Crippen LogP contribution in [0.15, 0.2) is 30.5 Å². The van der Waals surface area contributed by atoms with E-state index in [2.05, 4.69) is 20.6 Å². The van der Waals surface area contributed by atoms with Crippen LogP contribution in [0.4, 0.5) is 16.2 Å². The molecule has 0 saturated heterocycles. The lowest BCUT2D eigenvalue weighted by Gasteiger charge is -2.29. The van der Waals surface area contributed by atoms with Crippen molar-refractivity contribution in [3.8, 4) is 0 Å². The lowest BCUT2D eigenvalue weighted by atomic mass is 9.86. The van der Waals surface area contributed by atoms with Crippen LogP contribution in [0.1, 0.15) is 36.0 Å². The Kier molecular flexibility index (Phi) is 6.67. The van der Waals surface area contributed by atoms with Gasteiger partial charge in [0.15, 0.2) is 0 Å². The molecule has 0 bridgehead atoms. The van der Waals surface area contributed by atoms with Crippen LogP contribution in [-0.2, 0) is 0 Å². The number of anilines is 2. The maximum Gasteiger partial charge on any atom is 0.252 e. The first-order valence-corrected chi connectivity index (χ1v) is 9.80. The number of nitrogens with zero attached hydrogens (tertiary/aromatic N) is 3. The molecule has 2 aromatic rings. The summed E-state index contributed by atoms with van der Waals surface area (Å²) in [6, 6.07) is 6.00. The molecule has 150 valence electrons. The molecule has 1 heterocycles. The summed E-state index contributed by atoms with van der Waals surface area (Å²) in [4.78, 5) is 23.0. The Morgan fingerprint density at radius 2 is 2.00 bits per heavy atom. The highest BCUT2D eigenvalue weighted by Crippen LogP contribution is 2.26. The first kappa shape index (κ1) is 20.3. The molecule has 1 aliphatic carbocycles. The normalized spacial score (nSPS) is 19.1. The van der Waals surface area contributed by atoms with Crippen molar-refractivity contribution >= 4 is 29.3 Å². The molecule has 0 unspecified atom stereocenters. The first-order valence-electron chi connectivity index (χ1n) is 9.42. The lowest BCUT2D eigenvalue weighted by molar-refractivity contribution is 0.0943. The molecule has 28 heavy (non-hydrogen) atoms. The van der Waals surface area contributed by atoms with Crippen LogP contribution in [0.5, 0.6) is 0 Å². The summed E-state index contributed by atoms with van der Waals surface area (Å²) in [6.07, 6.45) is 5.70. The Labute approximate surface area is 169 Å². The number of hydrogen-bond acceptors (Lipinski definition) is 5. The van der Waals surface area contributed by atoms with Crippen LogP contribution in [0.2, 0.25) is 5.02 Å². The monoisotopic (exact) mass is 405 g/mol. The van der Waals surface area contributed by atoms with E-state index in [1.165, 1.54) is 18.2 Å². The van der Waals surface area contributed by atoms with Gasteiger partial charge in [-0.25, -0.2) is 9.37 Å². The van der Waals surface area contributed by atoms with Gasteiger partial charge in [-0.15, -0.1) is 0 Å². The van der Waals surface area contributed by atoms with Gasteiger partial charge in [-0.05, 0) is 55.9 Å². The maximum absolute atomic E-state index is 13.3. The molecule has 6 nitrogen and oxygen atoms in total. The van der Waals surface area contributed by atoms with Gasteiger partial charge >= 0.3 is 0 Å². The first-order chi connectivity index (χ1) is 13.4. The number of aromatic nitrogens is 2. The molecule has 1 fully saturated rings. The summed E-state index contributed by atoms with van der Waals surface area (Å²) in [7, 11) is 3.89. The van der Waals surface area contributed by atoms with Gasteiger partial charge in [-0.1, -0.05) is 11.6 Å². The number of carbonyl (C=O) groups excluding carboxylic acids is 1. The third-order valence-electron chi connectivity index (χ3n) is 5.00. The Balaban J connectivity index is 1.46. The molecule has 2 N–H and O–H groups in total. The third kappa shape index (κ3) is 5.32. The van der Waals surface area contributed by atoms with Gasteiger partial charge in [0.1, 0.15) is 11.6 Å². The summed E-state index contributed by atoms with van der Waals surface area (Å²) < 4.78 is 13.3. The van der Waals surface area contributed by atoms with Crippen LogP contribution >= 0.6 is 11.6 Å². The molecule has 1 aromatic heterocycles. The number of rotatable bonds is 6. The fraction of sp³-hybridized carbons (Fsp3) is 0.450. The molecular weight excluding hydrogens is 381 g/mol. The Morgan fingerprint density at radius 1 is 1.25 bits per heavy atom. The highest BCUT2D eigenvalue weighted by molar-refractivity contribution is 6.33. The summed E-state index contributed by atoms with van der Waals surface area (Å²) in [5, 5.41) is 6.54. The molecule has 3 rings (SSSR count). The Hall–Kier alpha value is -2.41. The standard InChI is InChI=1S/C20H25ClFN5O/c1-27(2)18-9-10-23-20(26-18)25-15-6-3-13(4-7-15)12-24-19(28)16-11-14(22)5-8-17(16)21/h5,8-11,13,15H,3-4,6-7,12H2,1-2H3,(H,24,28)(H,23,25,26). The van der Waals surface area contributed by atoms with Crippen LogP contribution < -0.4 is 15.5 Å². The predicted octanol–water partition coefficient (Wildman–Crippen LogP) is 3.74. The molecule has 1 saturated carbocycles. The number of benzene rings is 1. The lowest BCUT2D eigenvalue weighted by Crippen LogP contribution is -2.34. The van der Waals surface area contributed by atoms with Gasteiger partial charge in [0.25, 0.3) is 5.91 Å². The van der Waals surface area contributed by atoms with Crippen molar-refractivity contribution in [2.45, 2.75) is 31.7 Å². The highest BCUT2D eigenvalue weighted by atomic mass is 35.5. The molecule has 1 aliphatic rings. The fourth-order valence-electron chi connectivity index (χ4n) is 3.37. The molecule has 0 atom stereocenters. The van der Waals surface area contributed by atoms with Crippen LogP contribution in [0, 0.1) is 11.7 Å². The molecule has 0 radical (unpaired) electrons. The summed E-state index contributed by atoms with van der Waals surface area (Å²) >= 11 is 5.99. The third-order valence-corrected chi connectivity index (χ3v) is 5.33. The van der Waals surface area contributed by atoms with Gasteiger partial charge in [0.05, 0.1) is 10.6 Å². The van der Waals surface area contributed by atoms with E-state index in [0.717, 1.165) is 31.5 Å². The van der Waals surface area contributed by atoms with E-state index >= 15 is 0 Å². The van der Waals surface area contributed by atoms with Crippen LogP contribution in [0.3, 0.4) is 0 Å². The average Bonchev–Trinajstić information content (AvgIpc) is 2.69. The van der Waals surface area contributed by atoms with E-state index in [1.54, 1.807) is 6.20 Å². The van der Waals surface area contributed by atoms with Gasteiger partial charge in [0, 0.05) is 32.9 Å². The largest absolute Gasteiger partial charge is 0.363 e. The zero-order valence-corrected chi connectivity index (χ0v) is 16.8. The quantitative estimate of drug-likeness (QED) is 0.766. The van der Waals surface area contributed by atoms with Gasteiger partial charge in [-0.2, -0.15) is 4.98 Å². The minimum absolute atomic E-state index is 0.176. The summed E-state index contributed by atoms with van der Waals surface area (Å²) in [5.41, 5.74) is 0.176. The predicted molar refractivity (Wildman–Crippen MR) is 109 cm³/mol. The van der Waals surface area contributed by atoms with Crippen molar-refractivity contribution in [3.63, 3.8) is 0 Å². The molecule has 0 spiro atoms. The molecule has 1 amide bonds. The number of halogens is 2. The minimum Gasteiger partial charge on any atom is -0.363 e. The van der Waals surface area contributed by atoms with E-state index in [-0.39, 0.29) is 16.5 Å². The maximum atomic E-state index is 13.3. The van der Waals surface area contributed by atoms with E-state index in [0.29, 0.717) is 24.5 Å². The van der Waals surface area contributed by atoms with Crippen LogP contribution in [-0.4, -0.2) is 42.6 Å². The second kappa shape index (κ2) is 9.19. The second-order valence-electron chi connectivity index (χ2n) is 7.33. The van der Waals surface area contributed by atoms with Crippen molar-refractivity contribution in [2.75, 3.05) is 30.9 Å². The zero-order valence-electron chi connectivity index (χ0n) is 16.1. The van der Waals surface area contributed by atoms with E-state index in [9.17, 15) is 9.18 Å². The number of amides is 1.